The first kappa shape index (κ1) is 8.03. The second kappa shape index (κ2) is 2.72. The van der Waals surface area contributed by atoms with Gasteiger partial charge in [-0.2, -0.15) is 0 Å². The fraction of sp³-hybridized carbons (Fsp3) is 0.571. The Bertz CT molecular complexity index is 346. The van der Waals surface area contributed by atoms with Crippen LogP contribution in [0.25, 0.3) is 0 Å². The van der Waals surface area contributed by atoms with Gasteiger partial charge in [0.15, 0.2) is 5.82 Å². The van der Waals surface area contributed by atoms with Crippen LogP contribution in [0.1, 0.15) is 16.9 Å². The van der Waals surface area contributed by atoms with Crippen molar-refractivity contribution in [3.8, 4) is 0 Å². The molecule has 13 heavy (non-hydrogen) atoms. The second-order valence-corrected chi connectivity index (χ2v) is 3.07. The zero-order valence-corrected chi connectivity index (χ0v) is 7.27. The Balaban J connectivity index is 2.50. The van der Waals surface area contributed by atoms with Gasteiger partial charge >= 0.3 is 5.97 Å². The van der Waals surface area contributed by atoms with Gasteiger partial charge in [-0.25, -0.2) is 9.48 Å². The number of rotatable bonds is 1. The van der Waals surface area contributed by atoms with E-state index in [0.717, 1.165) is 19.5 Å². The molecule has 2 heterocycles. The van der Waals surface area contributed by atoms with Crippen LogP contribution >= 0.6 is 0 Å². The average molecular weight is 182 g/mol. The van der Waals surface area contributed by atoms with Crippen molar-refractivity contribution in [2.75, 3.05) is 18.5 Å². The molecular weight excluding hydrogens is 172 g/mol. The third-order valence-corrected chi connectivity index (χ3v) is 2.14. The maximum absolute atomic E-state index is 10.7. The van der Waals surface area contributed by atoms with E-state index in [4.69, 9.17) is 5.11 Å². The van der Waals surface area contributed by atoms with Crippen molar-refractivity contribution in [3.63, 3.8) is 0 Å². The Kier molecular flexibility index (Phi) is 1.68. The quantitative estimate of drug-likeness (QED) is 0.652. The van der Waals surface area contributed by atoms with E-state index in [9.17, 15) is 4.79 Å². The second-order valence-electron chi connectivity index (χ2n) is 3.07. The molecule has 0 fully saturated rings. The van der Waals surface area contributed by atoms with Crippen molar-refractivity contribution >= 4 is 11.8 Å². The molecule has 0 spiro atoms. The van der Waals surface area contributed by atoms with E-state index in [1.165, 1.54) is 0 Å². The minimum atomic E-state index is -1.02. The van der Waals surface area contributed by atoms with Gasteiger partial charge in [0.25, 0.3) is 0 Å². The highest BCUT2D eigenvalue weighted by Gasteiger charge is 2.24. The highest BCUT2D eigenvalue weighted by atomic mass is 16.4. The highest BCUT2D eigenvalue weighted by molar-refractivity contribution is 5.91. The largest absolute Gasteiger partial charge is 0.476 e. The lowest BCUT2D eigenvalue weighted by Crippen LogP contribution is -2.29. The van der Waals surface area contributed by atoms with Crippen molar-refractivity contribution in [3.05, 3.63) is 5.69 Å². The first-order chi connectivity index (χ1) is 6.20. The van der Waals surface area contributed by atoms with Crippen LogP contribution in [-0.2, 0) is 6.54 Å². The van der Waals surface area contributed by atoms with Crippen molar-refractivity contribution < 1.29 is 9.90 Å². The third kappa shape index (κ3) is 1.14. The summed E-state index contributed by atoms with van der Waals surface area (Å²) in [6, 6.07) is 0. The monoisotopic (exact) mass is 182 g/mol. The minimum absolute atomic E-state index is 0.0437. The molecular formula is C7H10N4O2. The van der Waals surface area contributed by atoms with E-state index in [0.29, 0.717) is 5.82 Å². The summed E-state index contributed by atoms with van der Waals surface area (Å²) in [5.74, 6) is -0.409. The summed E-state index contributed by atoms with van der Waals surface area (Å²) in [5.41, 5.74) is 0.0437. The number of carboxylic acid groups (broad SMARTS) is 1. The summed E-state index contributed by atoms with van der Waals surface area (Å²) in [6.07, 6.45) is 0.978. The molecule has 1 aliphatic heterocycles. The highest BCUT2D eigenvalue weighted by Crippen LogP contribution is 2.21. The van der Waals surface area contributed by atoms with E-state index in [2.05, 4.69) is 10.3 Å². The maximum Gasteiger partial charge on any atom is 0.360 e. The predicted molar refractivity (Wildman–Crippen MR) is 44.9 cm³/mol. The lowest BCUT2D eigenvalue weighted by atomic mass is 10.3. The molecule has 0 saturated heterocycles. The van der Waals surface area contributed by atoms with Crippen molar-refractivity contribution in [1.29, 1.82) is 0 Å². The molecule has 0 bridgehead atoms. The smallest absolute Gasteiger partial charge is 0.360 e. The molecule has 0 aromatic carbocycles. The van der Waals surface area contributed by atoms with Gasteiger partial charge in [-0.3, -0.25) is 0 Å². The molecule has 6 nitrogen and oxygen atoms in total. The van der Waals surface area contributed by atoms with Crippen LogP contribution in [0, 0.1) is 0 Å². The van der Waals surface area contributed by atoms with Crippen molar-refractivity contribution in [1.82, 2.24) is 15.0 Å². The fourth-order valence-electron chi connectivity index (χ4n) is 1.54. The zero-order chi connectivity index (χ0) is 9.42. The van der Waals surface area contributed by atoms with Gasteiger partial charge in [-0.15, -0.1) is 5.10 Å². The van der Waals surface area contributed by atoms with E-state index in [1.54, 1.807) is 4.68 Å². The standard InChI is InChI=1S/C7H10N4O2/c1-10-3-2-4-11-6(10)5(7(12)13)8-9-11/h2-4H2,1H3,(H,12,13). The molecule has 6 heteroatoms. The SMILES string of the molecule is CN1CCCn2nnc(C(=O)O)c21. The summed E-state index contributed by atoms with van der Waals surface area (Å²) in [4.78, 5) is 12.6. The van der Waals surface area contributed by atoms with Crippen LogP contribution in [0.2, 0.25) is 0 Å². The fourth-order valence-corrected chi connectivity index (χ4v) is 1.54. The van der Waals surface area contributed by atoms with Crippen LogP contribution in [0.3, 0.4) is 0 Å². The number of hydrogen-bond acceptors (Lipinski definition) is 4. The molecule has 0 radical (unpaired) electrons. The molecule has 0 amide bonds. The molecule has 0 aliphatic carbocycles. The van der Waals surface area contributed by atoms with Gasteiger partial charge in [0.05, 0.1) is 0 Å². The van der Waals surface area contributed by atoms with Gasteiger partial charge in [0, 0.05) is 20.1 Å². The van der Waals surface area contributed by atoms with Crippen LogP contribution in [0.5, 0.6) is 0 Å². The van der Waals surface area contributed by atoms with E-state index < -0.39 is 5.97 Å². The number of aryl methyl sites for hydroxylation is 1. The average Bonchev–Trinajstić information content (AvgIpc) is 2.49. The molecule has 1 aromatic rings. The van der Waals surface area contributed by atoms with E-state index in [-0.39, 0.29) is 5.69 Å². The number of aromatic nitrogens is 3. The Hall–Kier alpha value is -1.59. The molecule has 0 unspecified atom stereocenters. The Morgan fingerprint density at radius 2 is 2.31 bits per heavy atom. The molecule has 2 rings (SSSR count). The van der Waals surface area contributed by atoms with Gasteiger partial charge in [-0.05, 0) is 6.42 Å². The number of nitrogens with zero attached hydrogens (tertiary/aromatic N) is 4. The van der Waals surface area contributed by atoms with Gasteiger partial charge < -0.3 is 10.0 Å². The Morgan fingerprint density at radius 3 is 3.00 bits per heavy atom. The van der Waals surface area contributed by atoms with Gasteiger partial charge in [0.1, 0.15) is 0 Å². The van der Waals surface area contributed by atoms with Gasteiger partial charge in [0.2, 0.25) is 5.69 Å². The lowest BCUT2D eigenvalue weighted by molar-refractivity contribution is 0.0691. The number of carboxylic acids is 1. The molecule has 1 N–H and O–H groups in total. The first-order valence-electron chi connectivity index (χ1n) is 4.08. The van der Waals surface area contributed by atoms with Crippen LogP contribution < -0.4 is 4.90 Å². The summed E-state index contributed by atoms with van der Waals surface area (Å²) in [7, 11) is 1.85. The summed E-state index contributed by atoms with van der Waals surface area (Å²) >= 11 is 0. The van der Waals surface area contributed by atoms with Crippen LogP contribution in [-0.4, -0.2) is 39.7 Å². The third-order valence-electron chi connectivity index (χ3n) is 2.14. The van der Waals surface area contributed by atoms with Crippen LogP contribution in [0.4, 0.5) is 5.82 Å². The van der Waals surface area contributed by atoms with E-state index >= 15 is 0 Å². The Morgan fingerprint density at radius 1 is 1.54 bits per heavy atom. The molecule has 0 atom stereocenters. The summed E-state index contributed by atoms with van der Waals surface area (Å²) in [5, 5.41) is 16.2. The molecule has 1 aliphatic rings. The summed E-state index contributed by atoms with van der Waals surface area (Å²) in [6.45, 7) is 1.60. The zero-order valence-electron chi connectivity index (χ0n) is 7.27. The molecule has 1 aromatic heterocycles. The first-order valence-corrected chi connectivity index (χ1v) is 4.08. The number of anilines is 1. The number of aromatic carboxylic acids is 1. The number of fused-ring (bicyclic) bond motifs is 1. The maximum atomic E-state index is 10.7. The van der Waals surface area contributed by atoms with Crippen LogP contribution in [0.15, 0.2) is 0 Å². The molecule has 0 saturated carbocycles. The lowest BCUT2D eigenvalue weighted by Gasteiger charge is -2.24. The van der Waals surface area contributed by atoms with E-state index in [1.807, 2.05) is 11.9 Å². The molecule has 70 valence electrons. The van der Waals surface area contributed by atoms with Gasteiger partial charge in [-0.1, -0.05) is 5.21 Å². The topological polar surface area (TPSA) is 71.2 Å². The number of hydrogen-bond donors (Lipinski definition) is 1. The van der Waals surface area contributed by atoms with Crippen molar-refractivity contribution in [2.24, 2.45) is 0 Å². The normalized spacial score (nSPS) is 15.6. The summed E-state index contributed by atoms with van der Waals surface area (Å²) < 4.78 is 1.63. The Labute approximate surface area is 74.8 Å². The minimum Gasteiger partial charge on any atom is -0.476 e. The predicted octanol–water partition coefficient (Wildman–Crippen LogP) is -0.184. The van der Waals surface area contributed by atoms with Crippen molar-refractivity contribution in [2.45, 2.75) is 13.0 Å². The number of carbonyl (C=O) groups is 1.